The molecule has 13 heavy (non-hydrogen) atoms. The summed E-state index contributed by atoms with van der Waals surface area (Å²) in [5, 5.41) is 0.549. The van der Waals surface area contributed by atoms with E-state index in [2.05, 4.69) is 9.97 Å². The number of aromatic amines is 1. The molecule has 0 saturated heterocycles. The fraction of sp³-hybridized carbons (Fsp3) is 0.125. The van der Waals surface area contributed by atoms with Gasteiger partial charge in [-0.25, -0.2) is 4.98 Å². The molecule has 1 N–H and O–H groups in total. The Kier molecular flexibility index (Phi) is 1.73. The summed E-state index contributed by atoms with van der Waals surface area (Å²) in [6.07, 6.45) is 0.538. The molecule has 0 spiro atoms. The van der Waals surface area contributed by atoms with E-state index < -0.39 is 0 Å². The predicted octanol–water partition coefficient (Wildman–Crippen LogP) is 1.11. The van der Waals surface area contributed by atoms with E-state index in [1.165, 1.54) is 11.3 Å². The molecule has 0 saturated carbocycles. The number of carbonyl (C=O) groups is 1. The smallest absolute Gasteiger partial charge is 0.259 e. The molecule has 0 aliphatic carbocycles. The minimum Gasteiger partial charge on any atom is -0.304 e. The molecule has 2 heterocycles. The first kappa shape index (κ1) is 8.12. The van der Waals surface area contributed by atoms with Crippen LogP contribution in [-0.2, 0) is 0 Å². The molecule has 0 aliphatic rings. The van der Waals surface area contributed by atoms with Gasteiger partial charge in [-0.15, -0.1) is 11.3 Å². The fourth-order valence-corrected chi connectivity index (χ4v) is 2.01. The van der Waals surface area contributed by atoms with Gasteiger partial charge in [-0.1, -0.05) is 0 Å². The van der Waals surface area contributed by atoms with Crippen molar-refractivity contribution in [2.75, 3.05) is 0 Å². The van der Waals surface area contributed by atoms with Crippen molar-refractivity contribution in [1.82, 2.24) is 9.97 Å². The van der Waals surface area contributed by atoms with Crippen LogP contribution in [-0.4, -0.2) is 16.3 Å². The number of fused-ring (bicyclic) bond motifs is 1. The number of aldehydes is 1. The maximum atomic E-state index is 11.3. The summed E-state index contributed by atoms with van der Waals surface area (Å²) in [5.74, 6) is 0.0827. The number of carbonyl (C=O) groups excluding carboxylic acids is 1. The second-order valence-corrected chi connectivity index (χ2v) is 3.88. The number of H-pyrrole nitrogens is 1. The van der Waals surface area contributed by atoms with Gasteiger partial charge in [0.05, 0.1) is 5.39 Å². The Morgan fingerprint density at radius 3 is 3.08 bits per heavy atom. The molecule has 2 aromatic rings. The van der Waals surface area contributed by atoms with Crippen molar-refractivity contribution in [2.45, 2.75) is 6.92 Å². The topological polar surface area (TPSA) is 62.8 Å². The van der Waals surface area contributed by atoms with Gasteiger partial charge in [-0.2, -0.15) is 0 Å². The summed E-state index contributed by atoms with van der Waals surface area (Å²) in [6.45, 7) is 1.90. The SMILES string of the molecule is Cc1cc2c(=O)[nH]c(C=O)nc2s1. The second kappa shape index (κ2) is 2.77. The van der Waals surface area contributed by atoms with Crippen LogP contribution in [0, 0.1) is 6.92 Å². The van der Waals surface area contributed by atoms with Gasteiger partial charge in [0.25, 0.3) is 5.56 Å². The van der Waals surface area contributed by atoms with Crippen LogP contribution in [0.5, 0.6) is 0 Å². The standard InChI is InChI=1S/C8H6N2O2S/c1-4-2-5-7(12)9-6(3-11)10-8(5)13-4/h2-3H,1H3,(H,9,10,12). The molecule has 66 valence electrons. The molecular weight excluding hydrogens is 188 g/mol. The Labute approximate surface area is 77.2 Å². The summed E-state index contributed by atoms with van der Waals surface area (Å²) in [6, 6.07) is 1.76. The van der Waals surface area contributed by atoms with Crippen LogP contribution < -0.4 is 5.56 Å². The molecule has 5 heteroatoms. The molecule has 4 nitrogen and oxygen atoms in total. The van der Waals surface area contributed by atoms with Crippen molar-refractivity contribution in [3.63, 3.8) is 0 Å². The number of nitrogens with one attached hydrogen (secondary N) is 1. The first-order valence-corrected chi connectivity index (χ1v) is 4.48. The number of thiophene rings is 1. The quantitative estimate of drug-likeness (QED) is 0.691. The maximum absolute atomic E-state index is 11.3. The van der Waals surface area contributed by atoms with Crippen molar-refractivity contribution in [3.05, 3.63) is 27.1 Å². The summed E-state index contributed by atoms with van der Waals surface area (Å²) in [7, 11) is 0. The Balaban J connectivity index is 2.91. The lowest BCUT2D eigenvalue weighted by molar-refractivity contribution is 0.111. The normalized spacial score (nSPS) is 10.5. The van der Waals surface area contributed by atoms with Crippen LogP contribution in [0.3, 0.4) is 0 Å². The van der Waals surface area contributed by atoms with Crippen molar-refractivity contribution in [2.24, 2.45) is 0 Å². The minimum atomic E-state index is -0.253. The molecule has 0 radical (unpaired) electrons. The van der Waals surface area contributed by atoms with Gasteiger partial charge in [0, 0.05) is 4.88 Å². The zero-order valence-corrected chi connectivity index (χ0v) is 7.64. The molecule has 0 bridgehead atoms. The number of aromatic nitrogens is 2. The third-order valence-corrected chi connectivity index (χ3v) is 2.60. The maximum Gasteiger partial charge on any atom is 0.259 e. The van der Waals surface area contributed by atoms with E-state index in [1.807, 2.05) is 6.92 Å². The van der Waals surface area contributed by atoms with E-state index in [-0.39, 0.29) is 11.4 Å². The van der Waals surface area contributed by atoms with Gasteiger partial charge in [0.1, 0.15) is 4.83 Å². The van der Waals surface area contributed by atoms with Crippen LogP contribution >= 0.6 is 11.3 Å². The highest BCUT2D eigenvalue weighted by Crippen LogP contribution is 2.19. The third-order valence-electron chi connectivity index (χ3n) is 1.66. The van der Waals surface area contributed by atoms with Gasteiger partial charge in [0.2, 0.25) is 0 Å². The summed E-state index contributed by atoms with van der Waals surface area (Å²) >= 11 is 1.41. The van der Waals surface area contributed by atoms with Gasteiger partial charge in [0.15, 0.2) is 12.1 Å². The summed E-state index contributed by atoms with van der Waals surface area (Å²) in [4.78, 5) is 29.7. The van der Waals surface area contributed by atoms with Gasteiger partial charge in [-0.3, -0.25) is 9.59 Å². The number of hydrogen-bond acceptors (Lipinski definition) is 4. The van der Waals surface area contributed by atoms with Crippen LogP contribution in [0.2, 0.25) is 0 Å². The molecular formula is C8H6N2O2S. The van der Waals surface area contributed by atoms with E-state index in [0.29, 0.717) is 16.5 Å². The van der Waals surface area contributed by atoms with Crippen molar-refractivity contribution >= 4 is 27.8 Å². The third kappa shape index (κ3) is 1.27. The fourth-order valence-electron chi connectivity index (χ4n) is 1.12. The lowest BCUT2D eigenvalue weighted by Gasteiger charge is -1.89. The van der Waals surface area contributed by atoms with Crippen LogP contribution in [0.4, 0.5) is 0 Å². The highest BCUT2D eigenvalue weighted by atomic mass is 32.1. The second-order valence-electron chi connectivity index (χ2n) is 2.64. The summed E-state index contributed by atoms with van der Waals surface area (Å²) in [5.41, 5.74) is -0.253. The Hall–Kier alpha value is -1.49. The summed E-state index contributed by atoms with van der Waals surface area (Å²) < 4.78 is 0. The monoisotopic (exact) mass is 194 g/mol. The number of hydrogen-bond donors (Lipinski definition) is 1. The van der Waals surface area contributed by atoms with Crippen molar-refractivity contribution < 1.29 is 4.79 Å². The highest BCUT2D eigenvalue weighted by molar-refractivity contribution is 7.18. The van der Waals surface area contributed by atoms with E-state index in [0.717, 1.165) is 4.88 Å². The number of rotatable bonds is 1. The Morgan fingerprint density at radius 1 is 1.62 bits per heavy atom. The molecule has 0 fully saturated rings. The zero-order valence-electron chi connectivity index (χ0n) is 6.83. The molecule has 2 rings (SSSR count). The van der Waals surface area contributed by atoms with Crippen LogP contribution in [0.25, 0.3) is 10.2 Å². The zero-order chi connectivity index (χ0) is 9.42. The van der Waals surface area contributed by atoms with Gasteiger partial charge >= 0.3 is 0 Å². The first-order valence-electron chi connectivity index (χ1n) is 3.66. The van der Waals surface area contributed by atoms with E-state index in [4.69, 9.17) is 0 Å². The first-order chi connectivity index (χ1) is 6.20. The average Bonchev–Trinajstić information content (AvgIpc) is 2.46. The molecule has 0 aliphatic heterocycles. The molecule has 0 aromatic carbocycles. The minimum absolute atomic E-state index is 0.0827. The van der Waals surface area contributed by atoms with Crippen molar-refractivity contribution in [3.8, 4) is 0 Å². The van der Waals surface area contributed by atoms with Gasteiger partial charge in [-0.05, 0) is 13.0 Å². The van der Waals surface area contributed by atoms with E-state index in [1.54, 1.807) is 6.07 Å². The van der Waals surface area contributed by atoms with Crippen LogP contribution in [0.1, 0.15) is 15.5 Å². The Morgan fingerprint density at radius 2 is 2.38 bits per heavy atom. The predicted molar refractivity (Wildman–Crippen MR) is 50.4 cm³/mol. The largest absolute Gasteiger partial charge is 0.304 e. The van der Waals surface area contributed by atoms with Crippen molar-refractivity contribution in [1.29, 1.82) is 0 Å². The van der Waals surface area contributed by atoms with E-state index >= 15 is 0 Å². The number of nitrogens with zero attached hydrogens (tertiary/aromatic N) is 1. The lowest BCUT2D eigenvalue weighted by Crippen LogP contribution is -2.09. The number of aryl methyl sites for hydroxylation is 1. The highest BCUT2D eigenvalue weighted by Gasteiger charge is 2.05. The molecule has 2 aromatic heterocycles. The van der Waals surface area contributed by atoms with E-state index in [9.17, 15) is 9.59 Å². The average molecular weight is 194 g/mol. The van der Waals surface area contributed by atoms with Gasteiger partial charge < -0.3 is 4.98 Å². The Bertz CT molecular complexity index is 526. The van der Waals surface area contributed by atoms with Crippen LogP contribution in [0.15, 0.2) is 10.9 Å². The molecule has 0 amide bonds. The molecule has 0 atom stereocenters. The lowest BCUT2D eigenvalue weighted by atomic mass is 10.4. The molecule has 0 unspecified atom stereocenters.